The quantitative estimate of drug-likeness (QED) is 0.134. The second kappa shape index (κ2) is 29.4. The van der Waals surface area contributed by atoms with E-state index in [9.17, 15) is 0 Å². The summed E-state index contributed by atoms with van der Waals surface area (Å²) in [5, 5.41) is 10.5. The van der Waals surface area contributed by atoms with Crippen molar-refractivity contribution in [2.45, 2.75) is 216 Å². The molecule has 1 saturated heterocycles. The van der Waals surface area contributed by atoms with Crippen LogP contribution in [-0.4, -0.2) is 75.0 Å². The van der Waals surface area contributed by atoms with Gasteiger partial charge in [0.1, 0.15) is 0 Å². The third kappa shape index (κ3) is 17.2. The predicted molar refractivity (Wildman–Crippen MR) is 324 cm³/mol. The van der Waals surface area contributed by atoms with E-state index in [0.717, 1.165) is 84.6 Å². The van der Waals surface area contributed by atoms with Gasteiger partial charge >= 0.3 is 0 Å². The van der Waals surface area contributed by atoms with Crippen molar-refractivity contribution in [1.82, 2.24) is 35.5 Å². The number of fused-ring (bicyclic) bond motifs is 6. The van der Waals surface area contributed by atoms with Crippen molar-refractivity contribution in [1.29, 1.82) is 0 Å². The Morgan fingerprint density at radius 1 is 0.579 bits per heavy atom. The van der Waals surface area contributed by atoms with Crippen LogP contribution in [0.2, 0.25) is 0 Å². The Kier molecular flexibility index (Phi) is 22.8. The number of aromatic amines is 1. The maximum Gasteiger partial charge on any atom is 0.0931 e. The van der Waals surface area contributed by atoms with Gasteiger partial charge in [-0.25, -0.2) is 4.98 Å². The second-order valence-electron chi connectivity index (χ2n) is 25.4. The van der Waals surface area contributed by atoms with Gasteiger partial charge in [0.05, 0.1) is 29.7 Å². The molecular formula is C67H103N9. The normalized spacial score (nSPS) is 24.3. The van der Waals surface area contributed by atoms with Crippen molar-refractivity contribution in [3.05, 3.63) is 119 Å². The van der Waals surface area contributed by atoms with Crippen LogP contribution in [0.25, 0.3) is 11.0 Å². The first kappa shape index (κ1) is 59.1. The number of hydrogen-bond donors (Lipinski definition) is 4. The van der Waals surface area contributed by atoms with E-state index in [1.165, 1.54) is 135 Å². The molecule has 0 radical (unpaired) electrons. The molecule has 7 atom stereocenters. The molecule has 0 amide bonds. The molecule has 76 heavy (non-hydrogen) atoms. The average molecular weight is 1030 g/mol. The van der Waals surface area contributed by atoms with Crippen LogP contribution in [0.3, 0.4) is 0 Å². The SMILES string of the molecule is CC(C)C1CCC2N=CNC2C1.CC(C)C1CCC2NCCCC2C1.CC(C)C1CCc2ncccc2C1.CC(C)N1CCc2ncccc2C1.CC(C)c1ccc2c(c1)CCCN2.CC(C)c1ccc2nc[nH]c2c1. The van der Waals surface area contributed by atoms with E-state index in [1.54, 1.807) is 6.33 Å². The van der Waals surface area contributed by atoms with E-state index >= 15 is 0 Å². The Hall–Kier alpha value is -4.60. The van der Waals surface area contributed by atoms with E-state index < -0.39 is 0 Å². The molecule has 9 heteroatoms. The maximum atomic E-state index is 4.42. The number of H-pyrrole nitrogens is 1. The third-order valence-electron chi connectivity index (χ3n) is 18.2. The van der Waals surface area contributed by atoms with E-state index in [4.69, 9.17) is 0 Å². The molecule has 9 nitrogen and oxygen atoms in total. The minimum absolute atomic E-state index is 0.581. The Balaban J connectivity index is 0.000000133. The van der Waals surface area contributed by atoms with Crippen LogP contribution >= 0.6 is 0 Å². The number of nitrogens with zero attached hydrogens (tertiary/aromatic N) is 5. The molecule has 4 aliphatic heterocycles. The molecule has 2 aromatic carbocycles. The van der Waals surface area contributed by atoms with Crippen LogP contribution in [0.4, 0.5) is 5.69 Å². The Labute approximate surface area is 462 Å². The molecule has 3 aliphatic carbocycles. The lowest BCUT2D eigenvalue weighted by Crippen LogP contribution is -2.45. The highest BCUT2D eigenvalue weighted by molar-refractivity contribution is 5.75. The number of nitrogens with one attached hydrogen (secondary N) is 4. The molecule has 3 fully saturated rings. The van der Waals surface area contributed by atoms with Gasteiger partial charge in [0.2, 0.25) is 0 Å². The van der Waals surface area contributed by atoms with E-state index in [1.807, 2.05) is 24.8 Å². The summed E-state index contributed by atoms with van der Waals surface area (Å²) >= 11 is 0. The molecule has 5 aromatic rings. The zero-order chi connectivity index (χ0) is 54.1. The number of imidazole rings is 1. The van der Waals surface area contributed by atoms with Gasteiger partial charge in [0.25, 0.3) is 0 Å². The summed E-state index contributed by atoms with van der Waals surface area (Å²) in [5.41, 5.74) is 13.3. The van der Waals surface area contributed by atoms with Gasteiger partial charge in [-0.2, -0.15) is 0 Å². The third-order valence-corrected chi connectivity index (χ3v) is 18.2. The summed E-state index contributed by atoms with van der Waals surface area (Å²) in [6.45, 7) is 32.1. The average Bonchev–Trinajstić information content (AvgIpc) is 4.13. The van der Waals surface area contributed by atoms with E-state index in [0.29, 0.717) is 30.0 Å². The summed E-state index contributed by atoms with van der Waals surface area (Å²) < 4.78 is 0. The molecule has 7 heterocycles. The highest BCUT2D eigenvalue weighted by atomic mass is 15.2. The Morgan fingerprint density at radius 2 is 1.26 bits per heavy atom. The highest BCUT2D eigenvalue weighted by Crippen LogP contribution is 2.38. The second-order valence-corrected chi connectivity index (χ2v) is 25.4. The highest BCUT2D eigenvalue weighted by Gasteiger charge is 2.34. The standard InChI is InChI=1S/C12H23N.2C12H17N.C11H16N2.C10H18N2.C10H12N2/c3*1-9(2)10-5-6-12-11(8-10)4-3-7-13-12;1-9(2)13-7-5-11-10(8-13)4-3-6-12-11;2*1-7(2)8-3-4-9-10(5-8)12-6-11-9/h9-13H,3-8H2,1-2H3;5-6,8-9,13H,3-4,7H2,1-2H3;3-4,7,9-10H,5-6,8H2,1-2H3;3-4,6,9H,5,7-8H2,1-2H3;6-10H,3-5H2,1-2H3,(H,11,12);3-7H,1-2H3,(H,11,12). The number of aliphatic imine (C=N–C) groups is 1. The topological polar surface area (TPSA) is 106 Å². The lowest BCUT2D eigenvalue weighted by molar-refractivity contribution is 0.139. The van der Waals surface area contributed by atoms with Gasteiger partial charge in [-0.15, -0.1) is 0 Å². The molecule has 0 spiro atoms. The molecule has 4 N–H and O–H groups in total. The number of aromatic nitrogens is 4. The summed E-state index contributed by atoms with van der Waals surface area (Å²) in [4.78, 5) is 23.0. The van der Waals surface area contributed by atoms with Gasteiger partial charge < -0.3 is 20.9 Å². The number of pyridine rings is 2. The fraction of sp³-hybridized carbons (Fsp3) is 0.642. The van der Waals surface area contributed by atoms with E-state index in [2.05, 4.69) is 183 Å². The number of anilines is 1. The lowest BCUT2D eigenvalue weighted by atomic mass is 9.71. The van der Waals surface area contributed by atoms with Crippen molar-refractivity contribution >= 4 is 23.1 Å². The van der Waals surface area contributed by atoms with Crippen LogP contribution in [0.1, 0.15) is 198 Å². The van der Waals surface area contributed by atoms with E-state index in [-0.39, 0.29) is 0 Å². The summed E-state index contributed by atoms with van der Waals surface area (Å²) in [6.07, 6.45) is 26.1. The predicted octanol–water partition coefficient (Wildman–Crippen LogP) is 15.2. The smallest absolute Gasteiger partial charge is 0.0931 e. The maximum absolute atomic E-state index is 4.42. The van der Waals surface area contributed by atoms with Crippen molar-refractivity contribution in [2.75, 3.05) is 25.0 Å². The van der Waals surface area contributed by atoms with Crippen LogP contribution in [-0.2, 0) is 32.2 Å². The molecular weight excluding hydrogens is 931 g/mol. The number of benzene rings is 2. The zero-order valence-corrected chi connectivity index (χ0v) is 49.6. The van der Waals surface area contributed by atoms with Gasteiger partial charge in [0.15, 0.2) is 0 Å². The molecule has 12 rings (SSSR count). The molecule has 0 bridgehead atoms. The van der Waals surface area contributed by atoms with Crippen molar-refractivity contribution in [3.8, 4) is 0 Å². The zero-order valence-electron chi connectivity index (χ0n) is 49.6. The van der Waals surface area contributed by atoms with Gasteiger partial charge in [-0.05, 0) is 215 Å². The Morgan fingerprint density at radius 3 is 1.99 bits per heavy atom. The number of hydrogen-bond acceptors (Lipinski definition) is 8. The first-order chi connectivity index (χ1) is 36.6. The fourth-order valence-corrected chi connectivity index (χ4v) is 12.7. The first-order valence-corrected chi connectivity index (χ1v) is 30.5. The number of piperidine rings is 1. The van der Waals surface area contributed by atoms with Crippen LogP contribution in [0.5, 0.6) is 0 Å². The van der Waals surface area contributed by atoms with Crippen molar-refractivity contribution in [3.63, 3.8) is 0 Å². The lowest BCUT2D eigenvalue weighted by Gasteiger charge is -2.41. The van der Waals surface area contributed by atoms with Crippen LogP contribution in [0, 0.1) is 41.4 Å². The Bertz CT molecular complexity index is 2440. The van der Waals surface area contributed by atoms with Crippen LogP contribution in [0.15, 0.2) is 84.4 Å². The molecule has 416 valence electrons. The van der Waals surface area contributed by atoms with Crippen molar-refractivity contribution in [2.24, 2.45) is 46.4 Å². The van der Waals surface area contributed by atoms with Crippen LogP contribution < -0.4 is 16.0 Å². The van der Waals surface area contributed by atoms with Gasteiger partial charge in [-0.1, -0.05) is 99.6 Å². The summed E-state index contributed by atoms with van der Waals surface area (Å²) in [6, 6.07) is 24.5. The summed E-state index contributed by atoms with van der Waals surface area (Å²) in [5.74, 6) is 7.60. The number of rotatable bonds is 6. The number of aryl methyl sites for hydroxylation is 2. The molecule has 7 unspecified atom stereocenters. The minimum Gasteiger partial charge on any atom is -0.385 e. The first-order valence-electron chi connectivity index (χ1n) is 30.5. The molecule has 7 aliphatic rings. The molecule has 2 saturated carbocycles. The van der Waals surface area contributed by atoms with Gasteiger partial charge in [-0.3, -0.25) is 19.9 Å². The largest absolute Gasteiger partial charge is 0.385 e. The monoisotopic (exact) mass is 1030 g/mol. The molecule has 3 aromatic heterocycles. The van der Waals surface area contributed by atoms with Gasteiger partial charge in [0, 0.05) is 73.6 Å². The fourth-order valence-electron chi connectivity index (χ4n) is 12.7. The minimum atomic E-state index is 0.581. The van der Waals surface area contributed by atoms with Crippen molar-refractivity contribution < 1.29 is 0 Å². The summed E-state index contributed by atoms with van der Waals surface area (Å²) in [7, 11) is 0.